The van der Waals surface area contributed by atoms with E-state index >= 15 is 0 Å². The molecule has 2 amide bonds. The number of para-hydroxylation sites is 1. The van der Waals surface area contributed by atoms with Crippen molar-refractivity contribution in [2.75, 3.05) is 5.32 Å². The zero-order valence-corrected chi connectivity index (χ0v) is 18.0. The maximum Gasteiger partial charge on any atom is 0.275 e. The number of carbonyl (C=O) groups excluding carboxylic acids is 2. The zero-order valence-electron chi connectivity index (χ0n) is 18.0. The van der Waals surface area contributed by atoms with Gasteiger partial charge in [-0.25, -0.2) is 5.43 Å². The lowest BCUT2D eigenvalue weighted by molar-refractivity contribution is -0.115. The van der Waals surface area contributed by atoms with Gasteiger partial charge < -0.3 is 15.2 Å². The van der Waals surface area contributed by atoms with E-state index < -0.39 is 5.91 Å². The quantitative estimate of drug-likeness (QED) is 0.363. The van der Waals surface area contributed by atoms with Crippen molar-refractivity contribution in [1.82, 2.24) is 5.43 Å². The van der Waals surface area contributed by atoms with Crippen LogP contribution in [0.1, 0.15) is 34.8 Å². The van der Waals surface area contributed by atoms with Crippen molar-refractivity contribution in [3.63, 3.8) is 0 Å². The molecule has 3 rings (SSSR count). The van der Waals surface area contributed by atoms with Crippen LogP contribution < -0.4 is 15.5 Å². The third kappa shape index (κ3) is 6.43. The Morgan fingerprint density at radius 3 is 2.41 bits per heavy atom. The maximum atomic E-state index is 12.3. The summed E-state index contributed by atoms with van der Waals surface area (Å²) in [7, 11) is 0. The minimum atomic E-state index is -0.544. The lowest BCUT2D eigenvalue weighted by atomic mass is 10.1. The van der Waals surface area contributed by atoms with Gasteiger partial charge in [0.1, 0.15) is 18.1 Å². The number of amides is 2. The van der Waals surface area contributed by atoms with Crippen molar-refractivity contribution in [2.24, 2.45) is 5.10 Å². The van der Waals surface area contributed by atoms with E-state index in [0.717, 1.165) is 5.56 Å². The molecule has 3 aromatic rings. The minimum absolute atomic E-state index is 0.00629. The van der Waals surface area contributed by atoms with E-state index in [1.807, 2.05) is 30.3 Å². The van der Waals surface area contributed by atoms with Gasteiger partial charge in [-0.05, 0) is 55.3 Å². The van der Waals surface area contributed by atoms with Crippen molar-refractivity contribution in [3.8, 4) is 11.5 Å². The van der Waals surface area contributed by atoms with Gasteiger partial charge in [0.25, 0.3) is 5.91 Å². The van der Waals surface area contributed by atoms with Crippen LogP contribution in [0.3, 0.4) is 0 Å². The fourth-order valence-electron chi connectivity index (χ4n) is 2.90. The largest absolute Gasteiger partial charge is 0.507 e. The molecule has 0 bridgehead atoms. The summed E-state index contributed by atoms with van der Waals surface area (Å²) in [4.78, 5) is 24.4. The second-order valence-corrected chi connectivity index (χ2v) is 7.28. The maximum absolute atomic E-state index is 12.3. The number of carbonyl (C=O) groups is 2. The van der Waals surface area contributed by atoms with E-state index in [2.05, 4.69) is 15.8 Å². The molecule has 0 spiro atoms. The minimum Gasteiger partial charge on any atom is -0.507 e. The molecule has 0 unspecified atom stereocenters. The zero-order chi connectivity index (χ0) is 22.9. The summed E-state index contributed by atoms with van der Waals surface area (Å²) in [5.41, 5.74) is 5.20. The summed E-state index contributed by atoms with van der Waals surface area (Å²) in [5, 5.41) is 16.7. The number of rotatable bonds is 8. The molecule has 3 N–H and O–H groups in total. The molecule has 0 saturated carbocycles. The predicted octanol–water partition coefficient (Wildman–Crippen LogP) is 4.41. The molecule has 0 fully saturated rings. The van der Waals surface area contributed by atoms with Gasteiger partial charge in [-0.3, -0.25) is 9.59 Å². The van der Waals surface area contributed by atoms with Crippen LogP contribution in [0.15, 0.2) is 77.9 Å². The molecule has 7 heteroatoms. The smallest absolute Gasteiger partial charge is 0.275 e. The molecular weight excluding hydrogens is 406 g/mol. The summed E-state index contributed by atoms with van der Waals surface area (Å²) >= 11 is 0. The third-order valence-electron chi connectivity index (χ3n) is 4.63. The molecule has 0 saturated heterocycles. The Bertz CT molecular complexity index is 1110. The van der Waals surface area contributed by atoms with Gasteiger partial charge in [0.05, 0.1) is 12.0 Å². The summed E-state index contributed by atoms with van der Waals surface area (Å²) in [6.07, 6.45) is 0.00629. The van der Waals surface area contributed by atoms with Crippen molar-refractivity contribution >= 4 is 23.2 Å². The fraction of sp³-hybridized carbons (Fsp3) is 0.160. The van der Waals surface area contributed by atoms with E-state index in [4.69, 9.17) is 4.74 Å². The van der Waals surface area contributed by atoms with Crippen LogP contribution in [0.25, 0.3) is 0 Å². The number of nitrogens with zero attached hydrogens (tertiary/aromatic N) is 1. The molecule has 0 atom stereocenters. The first-order chi connectivity index (χ1) is 15.4. The molecule has 0 aliphatic rings. The normalized spacial score (nSPS) is 11.0. The number of aryl methyl sites for hydroxylation is 1. The van der Waals surface area contributed by atoms with Crippen LogP contribution in [-0.2, 0) is 11.4 Å². The summed E-state index contributed by atoms with van der Waals surface area (Å²) in [6, 6.07) is 21.8. The second-order valence-electron chi connectivity index (χ2n) is 7.28. The Labute approximate surface area is 186 Å². The molecule has 0 aromatic heterocycles. The average Bonchev–Trinajstić information content (AvgIpc) is 2.79. The van der Waals surface area contributed by atoms with Crippen LogP contribution >= 0.6 is 0 Å². The monoisotopic (exact) mass is 431 g/mol. The molecule has 164 valence electrons. The van der Waals surface area contributed by atoms with E-state index in [9.17, 15) is 14.7 Å². The molecule has 0 heterocycles. The highest BCUT2D eigenvalue weighted by atomic mass is 16.5. The van der Waals surface area contributed by atoms with Gasteiger partial charge in [0, 0.05) is 11.4 Å². The van der Waals surface area contributed by atoms with E-state index in [0.29, 0.717) is 29.3 Å². The SMILES string of the molecule is CC(CC(=O)Nc1ccc(OCc2ccccc2)cc1)=NNC(=O)c1cccc(C)c1O. The van der Waals surface area contributed by atoms with Crippen LogP contribution in [0.2, 0.25) is 0 Å². The molecule has 0 aliphatic carbocycles. The van der Waals surface area contributed by atoms with Crippen molar-refractivity contribution in [1.29, 1.82) is 0 Å². The Kier molecular flexibility index (Phi) is 7.59. The molecular formula is C25H25N3O4. The van der Waals surface area contributed by atoms with Gasteiger partial charge in [-0.2, -0.15) is 5.10 Å². The number of hydrazone groups is 1. The highest BCUT2D eigenvalue weighted by Crippen LogP contribution is 2.21. The Balaban J connectivity index is 1.48. The number of phenols is 1. The Morgan fingerprint density at radius 1 is 0.969 bits per heavy atom. The molecule has 3 aromatic carbocycles. The average molecular weight is 431 g/mol. The molecule has 7 nitrogen and oxygen atoms in total. The van der Waals surface area contributed by atoms with Gasteiger partial charge >= 0.3 is 0 Å². The highest BCUT2D eigenvalue weighted by Gasteiger charge is 2.12. The number of ether oxygens (including phenoxy) is 1. The number of hydrogen-bond donors (Lipinski definition) is 3. The number of aromatic hydroxyl groups is 1. The summed E-state index contributed by atoms with van der Waals surface area (Å²) in [5.74, 6) is -0.201. The summed E-state index contributed by atoms with van der Waals surface area (Å²) in [6.45, 7) is 3.80. The standard InChI is InChI=1S/C25H25N3O4/c1-17-7-6-10-22(24(17)30)25(31)28-27-18(2)15-23(29)26-20-11-13-21(14-12-20)32-16-19-8-4-3-5-9-19/h3-14,30H,15-16H2,1-2H3,(H,26,29)(H,28,31). The second kappa shape index (κ2) is 10.8. The highest BCUT2D eigenvalue weighted by molar-refractivity contribution is 6.06. The van der Waals surface area contributed by atoms with E-state index in [1.54, 1.807) is 50.2 Å². The van der Waals surface area contributed by atoms with Crippen molar-refractivity contribution in [2.45, 2.75) is 26.9 Å². The first kappa shape index (κ1) is 22.6. The van der Waals surface area contributed by atoms with Crippen LogP contribution in [-0.4, -0.2) is 22.6 Å². The first-order valence-corrected chi connectivity index (χ1v) is 10.1. The number of anilines is 1. The number of benzene rings is 3. The number of phenolic OH excluding ortho intramolecular Hbond substituents is 1. The fourth-order valence-corrected chi connectivity index (χ4v) is 2.90. The molecule has 32 heavy (non-hydrogen) atoms. The molecule has 0 aliphatic heterocycles. The van der Waals surface area contributed by atoms with E-state index in [1.165, 1.54) is 6.07 Å². The van der Waals surface area contributed by atoms with Gasteiger partial charge in [0.2, 0.25) is 5.91 Å². The van der Waals surface area contributed by atoms with Crippen molar-refractivity contribution in [3.05, 3.63) is 89.5 Å². The van der Waals surface area contributed by atoms with Crippen LogP contribution in [0.5, 0.6) is 11.5 Å². The van der Waals surface area contributed by atoms with Gasteiger partial charge in [-0.15, -0.1) is 0 Å². The summed E-state index contributed by atoms with van der Waals surface area (Å²) < 4.78 is 5.73. The van der Waals surface area contributed by atoms with Crippen LogP contribution in [0, 0.1) is 6.92 Å². The van der Waals surface area contributed by atoms with E-state index in [-0.39, 0.29) is 23.6 Å². The van der Waals surface area contributed by atoms with Gasteiger partial charge in [-0.1, -0.05) is 42.5 Å². The lowest BCUT2D eigenvalue weighted by Gasteiger charge is -2.09. The molecule has 0 radical (unpaired) electrons. The Morgan fingerprint density at radius 2 is 1.69 bits per heavy atom. The number of hydrogen-bond acceptors (Lipinski definition) is 5. The number of nitrogens with one attached hydrogen (secondary N) is 2. The van der Waals surface area contributed by atoms with Crippen LogP contribution in [0.4, 0.5) is 5.69 Å². The predicted molar refractivity (Wildman–Crippen MR) is 124 cm³/mol. The van der Waals surface area contributed by atoms with Crippen molar-refractivity contribution < 1.29 is 19.4 Å². The lowest BCUT2D eigenvalue weighted by Crippen LogP contribution is -2.21. The topological polar surface area (TPSA) is 100 Å². The third-order valence-corrected chi connectivity index (χ3v) is 4.63. The van der Waals surface area contributed by atoms with Gasteiger partial charge in [0.15, 0.2) is 0 Å². The first-order valence-electron chi connectivity index (χ1n) is 10.1. The Hall–Kier alpha value is -4.13.